The van der Waals surface area contributed by atoms with E-state index in [1.54, 1.807) is 51.1 Å². The molecule has 5 heteroatoms. The minimum absolute atomic E-state index is 0.130. The van der Waals surface area contributed by atoms with Crippen molar-refractivity contribution in [1.82, 2.24) is 5.32 Å². The summed E-state index contributed by atoms with van der Waals surface area (Å²) in [7, 11) is 0. The quantitative estimate of drug-likeness (QED) is 0.671. The number of halogens is 1. The van der Waals surface area contributed by atoms with E-state index in [0.717, 1.165) is 0 Å². The Balaban J connectivity index is 2.97. The van der Waals surface area contributed by atoms with Crippen LogP contribution in [0.15, 0.2) is 30.3 Å². The summed E-state index contributed by atoms with van der Waals surface area (Å²) in [5.74, 6) is -2.47. The number of nitriles is 1. The molecule has 4 nitrogen and oxygen atoms in total. The molecule has 1 rings (SSSR count). The van der Waals surface area contributed by atoms with E-state index in [2.05, 4.69) is 5.32 Å². The zero-order valence-electron chi connectivity index (χ0n) is 12.2. The molecule has 1 aromatic carbocycles. The molecule has 0 heterocycles. The summed E-state index contributed by atoms with van der Waals surface area (Å²) in [5.41, 5.74) is 1.32. The third-order valence-corrected chi connectivity index (χ3v) is 3.09. The van der Waals surface area contributed by atoms with Crippen molar-refractivity contribution in [3.8, 4) is 6.07 Å². The van der Waals surface area contributed by atoms with E-state index in [9.17, 15) is 9.59 Å². The van der Waals surface area contributed by atoms with Crippen LogP contribution < -0.4 is 5.32 Å². The highest BCUT2D eigenvalue weighted by Gasteiger charge is 2.25. The van der Waals surface area contributed by atoms with Crippen LogP contribution in [0.25, 0.3) is 5.57 Å². The lowest BCUT2D eigenvalue weighted by Gasteiger charge is -2.11. The van der Waals surface area contributed by atoms with Gasteiger partial charge in [0.05, 0.1) is 6.07 Å². The van der Waals surface area contributed by atoms with Crippen LogP contribution in [-0.2, 0) is 9.59 Å². The van der Waals surface area contributed by atoms with Crippen LogP contribution in [-0.4, -0.2) is 17.7 Å². The van der Waals surface area contributed by atoms with Gasteiger partial charge in [-0.05, 0) is 44.1 Å². The summed E-state index contributed by atoms with van der Waals surface area (Å²) in [5, 5.41) is 12.1. The first-order chi connectivity index (χ1) is 9.86. The molecule has 1 atom stereocenters. The molecule has 0 spiro atoms. The van der Waals surface area contributed by atoms with Crippen molar-refractivity contribution >= 4 is 28.9 Å². The smallest absolute Gasteiger partial charge is 0.245 e. The van der Waals surface area contributed by atoms with Crippen molar-refractivity contribution in [2.75, 3.05) is 0 Å². The van der Waals surface area contributed by atoms with E-state index >= 15 is 0 Å². The standard InChI is InChI=1S/C16H17ClN2O2/c1-10(2)19-16(21)13(9-18)15(20)8-11(3)12-6-4-5-7-14(12)17/h4-8,10,13H,1-3H3,(H,19,21). The van der Waals surface area contributed by atoms with Gasteiger partial charge in [0, 0.05) is 11.1 Å². The number of benzene rings is 1. The first kappa shape index (κ1) is 16.9. The maximum absolute atomic E-state index is 12.1. The van der Waals surface area contributed by atoms with Crippen molar-refractivity contribution < 1.29 is 9.59 Å². The summed E-state index contributed by atoms with van der Waals surface area (Å²) < 4.78 is 0. The highest BCUT2D eigenvalue weighted by molar-refractivity contribution is 6.32. The van der Waals surface area contributed by atoms with E-state index in [0.29, 0.717) is 16.2 Å². The molecule has 0 fully saturated rings. The lowest BCUT2D eigenvalue weighted by Crippen LogP contribution is -2.38. The lowest BCUT2D eigenvalue weighted by molar-refractivity contribution is -0.129. The van der Waals surface area contributed by atoms with E-state index in [-0.39, 0.29) is 6.04 Å². The molecule has 0 aromatic heterocycles. The van der Waals surface area contributed by atoms with Gasteiger partial charge in [0.25, 0.3) is 0 Å². The van der Waals surface area contributed by atoms with Gasteiger partial charge in [0.15, 0.2) is 11.7 Å². The van der Waals surface area contributed by atoms with Gasteiger partial charge in [-0.3, -0.25) is 9.59 Å². The molecule has 0 aliphatic rings. The van der Waals surface area contributed by atoms with Crippen molar-refractivity contribution in [2.45, 2.75) is 26.8 Å². The van der Waals surface area contributed by atoms with Crippen LogP contribution in [0.3, 0.4) is 0 Å². The summed E-state index contributed by atoms with van der Waals surface area (Å²) in [6, 6.07) is 8.69. The zero-order valence-corrected chi connectivity index (χ0v) is 12.9. The largest absolute Gasteiger partial charge is 0.352 e. The average molecular weight is 305 g/mol. The molecule has 1 N–H and O–H groups in total. The van der Waals surface area contributed by atoms with Crippen molar-refractivity contribution in [3.05, 3.63) is 40.9 Å². The molecular weight excluding hydrogens is 288 g/mol. The summed E-state index contributed by atoms with van der Waals surface area (Å²) in [6.45, 7) is 5.25. The number of hydrogen-bond acceptors (Lipinski definition) is 3. The Hall–Kier alpha value is -2.12. The highest BCUT2D eigenvalue weighted by atomic mass is 35.5. The fourth-order valence-electron chi connectivity index (χ4n) is 1.77. The summed E-state index contributed by atoms with van der Waals surface area (Å²) in [4.78, 5) is 23.9. The van der Waals surface area contributed by atoms with Gasteiger partial charge in [-0.2, -0.15) is 5.26 Å². The molecule has 0 saturated carbocycles. The fourth-order valence-corrected chi connectivity index (χ4v) is 2.06. The topological polar surface area (TPSA) is 70.0 Å². The molecule has 110 valence electrons. The third-order valence-electron chi connectivity index (χ3n) is 2.76. The second-order valence-electron chi connectivity index (χ2n) is 4.93. The van der Waals surface area contributed by atoms with Crippen LogP contribution in [0.2, 0.25) is 5.02 Å². The monoisotopic (exact) mass is 304 g/mol. The van der Waals surface area contributed by atoms with Crippen LogP contribution in [0.4, 0.5) is 0 Å². The van der Waals surface area contributed by atoms with Crippen LogP contribution in [0.1, 0.15) is 26.3 Å². The second-order valence-corrected chi connectivity index (χ2v) is 5.34. The summed E-state index contributed by atoms with van der Waals surface area (Å²) in [6.07, 6.45) is 1.29. The van der Waals surface area contributed by atoms with Gasteiger partial charge in [-0.25, -0.2) is 0 Å². The molecule has 0 aliphatic carbocycles. The Morgan fingerprint density at radius 2 is 1.95 bits per heavy atom. The summed E-state index contributed by atoms with van der Waals surface area (Å²) >= 11 is 6.05. The predicted molar refractivity (Wildman–Crippen MR) is 82.5 cm³/mol. The minimum Gasteiger partial charge on any atom is -0.352 e. The number of nitrogens with zero attached hydrogens (tertiary/aromatic N) is 1. The van der Waals surface area contributed by atoms with Gasteiger partial charge in [-0.1, -0.05) is 29.8 Å². The van der Waals surface area contributed by atoms with E-state index in [1.165, 1.54) is 6.08 Å². The first-order valence-corrected chi connectivity index (χ1v) is 6.91. The SMILES string of the molecule is CC(=CC(=O)C(C#N)C(=O)NC(C)C)c1ccccc1Cl. The second kappa shape index (κ2) is 7.61. The zero-order chi connectivity index (χ0) is 16.0. The molecule has 0 saturated heterocycles. The number of hydrogen-bond donors (Lipinski definition) is 1. The average Bonchev–Trinajstić information content (AvgIpc) is 2.38. The lowest BCUT2D eigenvalue weighted by atomic mass is 9.99. The predicted octanol–water partition coefficient (Wildman–Crippen LogP) is 2.98. The Morgan fingerprint density at radius 1 is 1.33 bits per heavy atom. The Bertz CT molecular complexity index is 615. The van der Waals surface area contributed by atoms with Gasteiger partial charge in [-0.15, -0.1) is 0 Å². The molecule has 21 heavy (non-hydrogen) atoms. The number of ketones is 1. The maximum Gasteiger partial charge on any atom is 0.245 e. The van der Waals surface area contributed by atoms with Crippen LogP contribution in [0, 0.1) is 17.2 Å². The van der Waals surface area contributed by atoms with Gasteiger partial charge in [0.2, 0.25) is 5.91 Å². The maximum atomic E-state index is 12.1. The fraction of sp³-hybridized carbons (Fsp3) is 0.312. The first-order valence-electron chi connectivity index (χ1n) is 6.53. The molecule has 1 amide bonds. The van der Waals surface area contributed by atoms with Gasteiger partial charge < -0.3 is 5.32 Å². The van der Waals surface area contributed by atoms with Crippen LogP contribution in [0.5, 0.6) is 0 Å². The normalized spacial score (nSPS) is 12.7. The number of nitrogens with one attached hydrogen (secondary N) is 1. The number of carbonyl (C=O) groups is 2. The number of carbonyl (C=O) groups excluding carboxylic acids is 2. The molecule has 0 aliphatic heterocycles. The number of amides is 1. The van der Waals surface area contributed by atoms with Crippen molar-refractivity contribution in [1.29, 1.82) is 5.26 Å². The van der Waals surface area contributed by atoms with E-state index < -0.39 is 17.6 Å². The Morgan fingerprint density at radius 3 is 2.48 bits per heavy atom. The number of rotatable bonds is 5. The van der Waals surface area contributed by atoms with Crippen molar-refractivity contribution in [2.24, 2.45) is 5.92 Å². The molecule has 0 bridgehead atoms. The highest BCUT2D eigenvalue weighted by Crippen LogP contribution is 2.23. The minimum atomic E-state index is -1.34. The van der Waals surface area contributed by atoms with E-state index in [4.69, 9.17) is 16.9 Å². The Labute approximate surface area is 129 Å². The molecule has 1 aromatic rings. The molecule has 1 unspecified atom stereocenters. The van der Waals surface area contributed by atoms with Crippen molar-refractivity contribution in [3.63, 3.8) is 0 Å². The van der Waals surface area contributed by atoms with E-state index in [1.807, 2.05) is 0 Å². The third kappa shape index (κ3) is 4.73. The van der Waals surface area contributed by atoms with Crippen LogP contribution >= 0.6 is 11.6 Å². The van der Waals surface area contributed by atoms with Gasteiger partial charge >= 0.3 is 0 Å². The molecule has 0 radical (unpaired) electrons. The number of allylic oxidation sites excluding steroid dienone is 2. The molecular formula is C16H17ClN2O2. The Kier molecular flexibility index (Phi) is 6.13. The van der Waals surface area contributed by atoms with Gasteiger partial charge in [0.1, 0.15) is 0 Å².